The number of ether oxygens (including phenoxy) is 1. The normalized spacial score (nSPS) is 10.2. The van der Waals surface area contributed by atoms with E-state index in [1.54, 1.807) is 20.1 Å². The van der Waals surface area contributed by atoms with E-state index in [4.69, 9.17) is 9.84 Å². The fourth-order valence-electron chi connectivity index (χ4n) is 1.62. The summed E-state index contributed by atoms with van der Waals surface area (Å²) in [5, 5.41) is 11.9. The van der Waals surface area contributed by atoms with Crippen LogP contribution in [-0.2, 0) is 0 Å². The number of nitrogens with zero attached hydrogens (tertiary/aromatic N) is 2. The van der Waals surface area contributed by atoms with Gasteiger partial charge in [0.05, 0.1) is 18.4 Å². The summed E-state index contributed by atoms with van der Waals surface area (Å²) in [4.78, 5) is 19.0. The van der Waals surface area contributed by atoms with Crippen molar-refractivity contribution in [1.29, 1.82) is 0 Å². The molecular formula is C13H12BrN3O3. The van der Waals surface area contributed by atoms with Crippen molar-refractivity contribution in [3.05, 3.63) is 40.1 Å². The zero-order valence-electron chi connectivity index (χ0n) is 10.8. The minimum atomic E-state index is -1.04. The van der Waals surface area contributed by atoms with Crippen LogP contribution in [0.25, 0.3) is 0 Å². The number of carbonyl (C=O) groups is 1. The van der Waals surface area contributed by atoms with Crippen molar-refractivity contribution in [3.8, 4) is 5.75 Å². The van der Waals surface area contributed by atoms with Crippen molar-refractivity contribution in [3.63, 3.8) is 0 Å². The van der Waals surface area contributed by atoms with Crippen LogP contribution in [0.15, 0.2) is 28.9 Å². The summed E-state index contributed by atoms with van der Waals surface area (Å²) >= 11 is 3.37. The molecular weight excluding hydrogens is 326 g/mol. The van der Waals surface area contributed by atoms with Gasteiger partial charge in [-0.1, -0.05) is 15.9 Å². The maximum absolute atomic E-state index is 10.9. The van der Waals surface area contributed by atoms with E-state index in [2.05, 4.69) is 31.2 Å². The Balaban J connectivity index is 2.28. The summed E-state index contributed by atoms with van der Waals surface area (Å²) in [6, 6.07) is 5.45. The number of carboxylic acids is 1. The molecule has 2 N–H and O–H groups in total. The molecule has 2 rings (SSSR count). The first-order valence-electron chi connectivity index (χ1n) is 5.68. The van der Waals surface area contributed by atoms with E-state index in [0.29, 0.717) is 17.4 Å². The summed E-state index contributed by atoms with van der Waals surface area (Å²) in [6.07, 6.45) is 1.28. The summed E-state index contributed by atoms with van der Waals surface area (Å²) in [5.41, 5.74) is 1.22. The molecule has 104 valence electrons. The quantitative estimate of drug-likeness (QED) is 0.892. The predicted molar refractivity (Wildman–Crippen MR) is 77.7 cm³/mol. The average Bonchev–Trinajstić information content (AvgIpc) is 2.37. The number of aromatic carboxylic acids is 1. The Kier molecular flexibility index (Phi) is 4.19. The smallest absolute Gasteiger partial charge is 0.339 e. The Bertz CT molecular complexity index is 661. The second-order valence-corrected chi connectivity index (χ2v) is 4.92. The van der Waals surface area contributed by atoms with Gasteiger partial charge < -0.3 is 15.2 Å². The van der Waals surface area contributed by atoms with Crippen molar-refractivity contribution in [2.24, 2.45) is 0 Å². The number of hydrogen-bond donors (Lipinski definition) is 2. The monoisotopic (exact) mass is 337 g/mol. The van der Waals surface area contributed by atoms with E-state index in [1.165, 1.54) is 6.20 Å². The minimum absolute atomic E-state index is 0.0855. The van der Waals surface area contributed by atoms with Crippen LogP contribution in [0.4, 0.5) is 11.6 Å². The largest absolute Gasteiger partial charge is 0.497 e. The molecule has 20 heavy (non-hydrogen) atoms. The van der Waals surface area contributed by atoms with E-state index in [1.807, 2.05) is 12.1 Å². The van der Waals surface area contributed by atoms with Crippen molar-refractivity contribution in [2.45, 2.75) is 6.92 Å². The number of nitrogens with one attached hydrogen (secondary N) is 1. The van der Waals surface area contributed by atoms with E-state index in [0.717, 1.165) is 10.2 Å². The molecule has 0 atom stereocenters. The van der Waals surface area contributed by atoms with E-state index >= 15 is 0 Å². The van der Waals surface area contributed by atoms with Gasteiger partial charge in [0.2, 0.25) is 5.95 Å². The topological polar surface area (TPSA) is 84.3 Å². The molecule has 0 aliphatic rings. The third-order valence-corrected chi connectivity index (χ3v) is 3.03. The molecule has 1 aromatic carbocycles. The Morgan fingerprint density at radius 3 is 2.75 bits per heavy atom. The van der Waals surface area contributed by atoms with E-state index < -0.39 is 5.97 Å². The summed E-state index contributed by atoms with van der Waals surface area (Å²) in [7, 11) is 1.58. The Hall–Kier alpha value is -2.15. The first kappa shape index (κ1) is 14.3. The van der Waals surface area contributed by atoms with Gasteiger partial charge in [-0.3, -0.25) is 0 Å². The molecule has 1 heterocycles. The first-order valence-corrected chi connectivity index (χ1v) is 6.47. The number of benzene rings is 1. The van der Waals surface area contributed by atoms with Gasteiger partial charge in [0.15, 0.2) is 0 Å². The fraction of sp³-hybridized carbons (Fsp3) is 0.154. The maximum Gasteiger partial charge on any atom is 0.339 e. The molecule has 7 heteroatoms. The van der Waals surface area contributed by atoms with Gasteiger partial charge in [-0.15, -0.1) is 0 Å². The highest BCUT2D eigenvalue weighted by molar-refractivity contribution is 9.10. The molecule has 0 unspecified atom stereocenters. The zero-order valence-corrected chi connectivity index (χ0v) is 12.4. The molecule has 0 aliphatic carbocycles. The van der Waals surface area contributed by atoms with Crippen molar-refractivity contribution >= 4 is 33.5 Å². The molecule has 0 amide bonds. The summed E-state index contributed by atoms with van der Waals surface area (Å²) in [6.45, 7) is 1.62. The van der Waals surface area contributed by atoms with Crippen LogP contribution >= 0.6 is 15.9 Å². The highest BCUT2D eigenvalue weighted by Gasteiger charge is 2.10. The van der Waals surface area contributed by atoms with Gasteiger partial charge in [0, 0.05) is 22.4 Å². The lowest BCUT2D eigenvalue weighted by Gasteiger charge is -2.09. The van der Waals surface area contributed by atoms with Crippen molar-refractivity contribution < 1.29 is 14.6 Å². The number of aromatic nitrogens is 2. The number of methoxy groups -OCH3 is 1. The molecule has 2 aromatic rings. The van der Waals surface area contributed by atoms with Crippen LogP contribution in [0.1, 0.15) is 16.1 Å². The summed E-state index contributed by atoms with van der Waals surface area (Å²) in [5.74, 6) is -0.0356. The fourth-order valence-corrected chi connectivity index (χ4v) is 2.09. The number of hydrogen-bond acceptors (Lipinski definition) is 5. The van der Waals surface area contributed by atoms with Gasteiger partial charge in [-0.2, -0.15) is 0 Å². The molecule has 0 saturated heterocycles. The SMILES string of the molecule is COc1cc(Br)cc(Nc2ncc(C(=O)O)c(C)n2)c1. The zero-order chi connectivity index (χ0) is 14.7. The van der Waals surface area contributed by atoms with Crippen LogP contribution in [0.2, 0.25) is 0 Å². The minimum Gasteiger partial charge on any atom is -0.497 e. The lowest BCUT2D eigenvalue weighted by atomic mass is 10.2. The lowest BCUT2D eigenvalue weighted by Crippen LogP contribution is -2.06. The molecule has 0 saturated carbocycles. The van der Waals surface area contributed by atoms with Gasteiger partial charge in [-0.25, -0.2) is 14.8 Å². The molecule has 0 fully saturated rings. The van der Waals surface area contributed by atoms with Gasteiger partial charge in [0.1, 0.15) is 5.75 Å². The lowest BCUT2D eigenvalue weighted by molar-refractivity contribution is 0.0695. The van der Waals surface area contributed by atoms with Crippen molar-refractivity contribution in [1.82, 2.24) is 9.97 Å². The van der Waals surface area contributed by atoms with E-state index in [9.17, 15) is 4.79 Å². The number of anilines is 2. The Morgan fingerprint density at radius 1 is 1.40 bits per heavy atom. The number of aryl methyl sites for hydroxylation is 1. The third kappa shape index (κ3) is 3.24. The van der Waals surface area contributed by atoms with Gasteiger partial charge in [-0.05, 0) is 19.1 Å². The second kappa shape index (κ2) is 5.87. The van der Waals surface area contributed by atoms with Gasteiger partial charge >= 0.3 is 5.97 Å². The van der Waals surface area contributed by atoms with Crippen molar-refractivity contribution in [2.75, 3.05) is 12.4 Å². The molecule has 6 nitrogen and oxygen atoms in total. The van der Waals surface area contributed by atoms with Crippen LogP contribution in [-0.4, -0.2) is 28.2 Å². The average molecular weight is 338 g/mol. The molecule has 0 bridgehead atoms. The number of halogens is 1. The standard InChI is InChI=1S/C13H12BrN3O3/c1-7-11(12(18)19)6-15-13(16-7)17-9-3-8(14)4-10(5-9)20-2/h3-6H,1-2H3,(H,18,19)(H,15,16,17). The van der Waals surface area contributed by atoms with Crippen LogP contribution in [0.3, 0.4) is 0 Å². The van der Waals surface area contributed by atoms with Crippen LogP contribution in [0, 0.1) is 6.92 Å². The predicted octanol–water partition coefficient (Wildman–Crippen LogP) is 3.00. The molecule has 0 radical (unpaired) electrons. The first-order chi connectivity index (χ1) is 9.49. The molecule has 1 aromatic heterocycles. The highest BCUT2D eigenvalue weighted by Crippen LogP contribution is 2.26. The summed E-state index contributed by atoms with van der Waals surface area (Å²) < 4.78 is 6.00. The molecule has 0 spiro atoms. The van der Waals surface area contributed by atoms with Crippen LogP contribution in [0.5, 0.6) is 5.75 Å². The second-order valence-electron chi connectivity index (χ2n) is 4.00. The third-order valence-electron chi connectivity index (χ3n) is 2.57. The number of carboxylic acid groups (broad SMARTS) is 1. The Labute approximate surface area is 124 Å². The van der Waals surface area contributed by atoms with Crippen LogP contribution < -0.4 is 10.1 Å². The number of rotatable bonds is 4. The molecule has 0 aliphatic heterocycles. The Morgan fingerprint density at radius 2 is 2.15 bits per heavy atom. The van der Waals surface area contributed by atoms with Gasteiger partial charge in [0.25, 0.3) is 0 Å². The highest BCUT2D eigenvalue weighted by atomic mass is 79.9. The van der Waals surface area contributed by atoms with E-state index in [-0.39, 0.29) is 5.56 Å². The maximum atomic E-state index is 10.9.